The largest absolute Gasteiger partial charge is 0.192 e. The second kappa shape index (κ2) is 2.47. The first kappa shape index (κ1) is 7.07. The third-order valence-electron chi connectivity index (χ3n) is 1.62. The molecule has 0 atom stereocenters. The van der Waals surface area contributed by atoms with Gasteiger partial charge in [-0.3, -0.25) is 0 Å². The molecule has 0 amide bonds. The lowest BCUT2D eigenvalue weighted by atomic mass is 10.2. The Labute approximate surface area is 73.8 Å². The average Bonchev–Trinajstić information content (AvgIpc) is 2.32. The van der Waals surface area contributed by atoms with Crippen LogP contribution in [0.15, 0.2) is 18.2 Å². The van der Waals surface area contributed by atoms with Gasteiger partial charge in [-0.15, -0.1) is 0 Å². The van der Waals surface area contributed by atoms with E-state index in [1.165, 1.54) is 21.8 Å². The number of aromatic nitrogens is 1. The van der Waals surface area contributed by atoms with E-state index in [9.17, 15) is 0 Å². The van der Waals surface area contributed by atoms with E-state index in [2.05, 4.69) is 11.3 Å². The molecule has 1 aromatic carbocycles. The topological polar surface area (TPSA) is 12.9 Å². The first-order chi connectivity index (χ1) is 5.27. The molecule has 0 bridgehead atoms. The van der Waals surface area contributed by atoms with Gasteiger partial charge in [0.15, 0.2) is 0 Å². The Morgan fingerprint density at radius 3 is 3.09 bits per heavy atom. The van der Waals surface area contributed by atoms with Crippen LogP contribution in [0.1, 0.15) is 4.88 Å². The van der Waals surface area contributed by atoms with Crippen LogP contribution in [0, 0.1) is 6.92 Å². The standard InChI is InChI=1S/C8H6ClNS/c1-5-7-3-2-6(9)4-8(7)10-11-5/h2-4H,1H3. The maximum absolute atomic E-state index is 5.79. The van der Waals surface area contributed by atoms with Crippen LogP contribution in [-0.4, -0.2) is 4.37 Å². The molecule has 0 fully saturated rings. The molecule has 3 heteroatoms. The minimum absolute atomic E-state index is 0.753. The van der Waals surface area contributed by atoms with Crippen molar-refractivity contribution in [3.63, 3.8) is 0 Å². The minimum Gasteiger partial charge on any atom is -0.192 e. The summed E-state index contributed by atoms with van der Waals surface area (Å²) in [5.74, 6) is 0. The summed E-state index contributed by atoms with van der Waals surface area (Å²) in [7, 11) is 0. The highest BCUT2D eigenvalue weighted by atomic mass is 35.5. The van der Waals surface area contributed by atoms with E-state index in [4.69, 9.17) is 11.6 Å². The summed E-state index contributed by atoms with van der Waals surface area (Å²) < 4.78 is 4.24. The zero-order valence-electron chi connectivity index (χ0n) is 5.97. The summed E-state index contributed by atoms with van der Waals surface area (Å²) in [5, 5.41) is 1.96. The Balaban J connectivity index is 2.86. The first-order valence-electron chi connectivity index (χ1n) is 3.29. The summed E-state index contributed by atoms with van der Waals surface area (Å²) in [6, 6.07) is 5.79. The minimum atomic E-state index is 0.753. The monoisotopic (exact) mass is 183 g/mol. The van der Waals surface area contributed by atoms with Gasteiger partial charge in [0, 0.05) is 15.3 Å². The molecule has 0 aliphatic rings. The van der Waals surface area contributed by atoms with Gasteiger partial charge in [-0.25, -0.2) is 0 Å². The number of rotatable bonds is 0. The quantitative estimate of drug-likeness (QED) is 0.611. The van der Waals surface area contributed by atoms with Crippen molar-refractivity contribution in [1.29, 1.82) is 0 Å². The van der Waals surface area contributed by atoms with Gasteiger partial charge < -0.3 is 0 Å². The predicted molar refractivity (Wildman–Crippen MR) is 49.4 cm³/mol. The average molecular weight is 184 g/mol. The molecular formula is C8H6ClNS. The second-order valence-electron chi connectivity index (χ2n) is 2.40. The molecule has 2 rings (SSSR count). The van der Waals surface area contributed by atoms with Gasteiger partial charge in [0.25, 0.3) is 0 Å². The van der Waals surface area contributed by atoms with E-state index in [0.29, 0.717) is 0 Å². The smallest absolute Gasteiger partial charge is 0.0858 e. The van der Waals surface area contributed by atoms with Gasteiger partial charge in [-0.2, -0.15) is 4.37 Å². The molecule has 0 unspecified atom stereocenters. The Bertz CT molecular complexity index is 394. The van der Waals surface area contributed by atoms with Crippen molar-refractivity contribution >= 4 is 34.0 Å². The number of aryl methyl sites for hydroxylation is 1. The fourth-order valence-electron chi connectivity index (χ4n) is 1.04. The molecule has 1 aromatic heterocycles. The van der Waals surface area contributed by atoms with E-state index < -0.39 is 0 Å². The van der Waals surface area contributed by atoms with Crippen LogP contribution in [0.4, 0.5) is 0 Å². The number of nitrogens with zero attached hydrogens (tertiary/aromatic N) is 1. The summed E-state index contributed by atoms with van der Waals surface area (Å²) >= 11 is 7.31. The number of hydrogen-bond donors (Lipinski definition) is 0. The molecule has 56 valence electrons. The fraction of sp³-hybridized carbons (Fsp3) is 0.125. The molecule has 0 saturated heterocycles. The van der Waals surface area contributed by atoms with Gasteiger partial charge in [0.1, 0.15) is 0 Å². The fourth-order valence-corrected chi connectivity index (χ4v) is 1.87. The molecule has 0 N–H and O–H groups in total. The lowest BCUT2D eigenvalue weighted by Crippen LogP contribution is -1.68. The van der Waals surface area contributed by atoms with Crippen LogP contribution in [0.2, 0.25) is 5.02 Å². The molecule has 0 radical (unpaired) electrons. The van der Waals surface area contributed by atoms with Crippen molar-refractivity contribution in [3.8, 4) is 0 Å². The SMILES string of the molecule is Cc1snc2cc(Cl)ccc12. The predicted octanol–water partition coefficient (Wildman–Crippen LogP) is 3.26. The molecule has 0 saturated carbocycles. The van der Waals surface area contributed by atoms with E-state index in [-0.39, 0.29) is 0 Å². The number of fused-ring (bicyclic) bond motifs is 1. The lowest BCUT2D eigenvalue weighted by Gasteiger charge is -1.89. The highest BCUT2D eigenvalue weighted by molar-refractivity contribution is 7.07. The Morgan fingerprint density at radius 2 is 2.27 bits per heavy atom. The Kier molecular flexibility index (Phi) is 1.59. The molecule has 11 heavy (non-hydrogen) atoms. The van der Waals surface area contributed by atoms with Crippen molar-refractivity contribution in [1.82, 2.24) is 4.37 Å². The summed E-state index contributed by atoms with van der Waals surface area (Å²) in [6.45, 7) is 2.06. The van der Waals surface area contributed by atoms with E-state index >= 15 is 0 Å². The highest BCUT2D eigenvalue weighted by Crippen LogP contribution is 2.23. The van der Waals surface area contributed by atoms with Gasteiger partial charge >= 0.3 is 0 Å². The summed E-state index contributed by atoms with van der Waals surface area (Å²) in [5.41, 5.74) is 1.00. The van der Waals surface area contributed by atoms with E-state index in [1.54, 1.807) is 0 Å². The second-order valence-corrected chi connectivity index (χ2v) is 3.81. The van der Waals surface area contributed by atoms with E-state index in [1.807, 2.05) is 18.2 Å². The molecule has 1 nitrogen and oxygen atoms in total. The van der Waals surface area contributed by atoms with Crippen molar-refractivity contribution < 1.29 is 0 Å². The van der Waals surface area contributed by atoms with Crippen LogP contribution in [0.25, 0.3) is 10.9 Å². The Hall–Kier alpha value is -0.600. The molecule has 1 heterocycles. The normalized spacial score (nSPS) is 10.7. The van der Waals surface area contributed by atoms with Crippen molar-refractivity contribution in [2.45, 2.75) is 6.92 Å². The van der Waals surface area contributed by atoms with Gasteiger partial charge in [-0.05, 0) is 30.6 Å². The van der Waals surface area contributed by atoms with Gasteiger partial charge in [0.05, 0.1) is 5.52 Å². The number of benzene rings is 1. The molecular weight excluding hydrogens is 178 g/mol. The third kappa shape index (κ3) is 1.12. The van der Waals surface area contributed by atoms with Crippen LogP contribution in [-0.2, 0) is 0 Å². The molecule has 2 aromatic rings. The van der Waals surface area contributed by atoms with Crippen molar-refractivity contribution in [2.24, 2.45) is 0 Å². The zero-order chi connectivity index (χ0) is 7.84. The van der Waals surface area contributed by atoms with Crippen molar-refractivity contribution in [3.05, 3.63) is 28.1 Å². The summed E-state index contributed by atoms with van der Waals surface area (Å²) in [4.78, 5) is 1.25. The van der Waals surface area contributed by atoms with E-state index in [0.717, 1.165) is 10.5 Å². The van der Waals surface area contributed by atoms with Crippen molar-refractivity contribution in [2.75, 3.05) is 0 Å². The first-order valence-corrected chi connectivity index (χ1v) is 4.44. The number of halogens is 1. The highest BCUT2D eigenvalue weighted by Gasteiger charge is 2.00. The van der Waals surface area contributed by atoms with Gasteiger partial charge in [-0.1, -0.05) is 17.7 Å². The van der Waals surface area contributed by atoms with Crippen LogP contribution in [0.3, 0.4) is 0 Å². The van der Waals surface area contributed by atoms with Crippen LogP contribution >= 0.6 is 23.1 Å². The summed E-state index contributed by atoms with van der Waals surface area (Å²) in [6.07, 6.45) is 0. The molecule has 0 aliphatic heterocycles. The zero-order valence-corrected chi connectivity index (χ0v) is 7.54. The van der Waals surface area contributed by atoms with Crippen LogP contribution < -0.4 is 0 Å². The maximum atomic E-state index is 5.79. The molecule has 0 spiro atoms. The molecule has 0 aliphatic carbocycles. The van der Waals surface area contributed by atoms with Crippen LogP contribution in [0.5, 0.6) is 0 Å². The Morgan fingerprint density at radius 1 is 1.45 bits per heavy atom. The lowest BCUT2D eigenvalue weighted by molar-refractivity contribution is 1.65. The number of hydrogen-bond acceptors (Lipinski definition) is 2. The maximum Gasteiger partial charge on any atom is 0.0858 e. The third-order valence-corrected chi connectivity index (χ3v) is 2.64. The van der Waals surface area contributed by atoms with Gasteiger partial charge in [0.2, 0.25) is 0 Å².